The molecular weight excluding hydrogens is 385 g/mol. The quantitative estimate of drug-likeness (QED) is 0.412. The summed E-state index contributed by atoms with van der Waals surface area (Å²) >= 11 is 36.1. The van der Waals surface area contributed by atoms with Crippen LogP contribution < -0.4 is 0 Å². The van der Waals surface area contributed by atoms with Crippen molar-refractivity contribution >= 4 is 69.6 Å². The Kier molecular flexibility index (Phi) is 4.92. The maximum absolute atomic E-state index is 9.11. The van der Waals surface area contributed by atoms with Gasteiger partial charge in [-0.1, -0.05) is 69.6 Å². The summed E-state index contributed by atoms with van der Waals surface area (Å²) in [5.74, 6) is 0. The first kappa shape index (κ1) is 16.0. The lowest BCUT2D eigenvalue weighted by Crippen LogP contribution is -1.93. The lowest BCUT2D eigenvalue weighted by molar-refractivity contribution is 1.26. The van der Waals surface area contributed by atoms with Crippen LogP contribution in [-0.2, 0) is 0 Å². The number of benzene rings is 1. The molecule has 0 amide bonds. The van der Waals surface area contributed by atoms with E-state index in [4.69, 9.17) is 74.9 Å². The van der Waals surface area contributed by atoms with Crippen molar-refractivity contribution in [2.75, 3.05) is 0 Å². The molecule has 1 aromatic heterocycles. The molecule has 0 bridgehead atoms. The molecule has 0 fully saturated rings. The van der Waals surface area contributed by atoms with E-state index >= 15 is 0 Å². The molecule has 0 spiro atoms. The number of aromatic nitrogens is 1. The van der Waals surface area contributed by atoms with E-state index in [1.165, 1.54) is 12.3 Å². The van der Waals surface area contributed by atoms with Crippen LogP contribution in [-0.4, -0.2) is 4.98 Å². The minimum Gasteiger partial charge on any atom is -0.243 e. The van der Waals surface area contributed by atoms with Crippen molar-refractivity contribution in [2.24, 2.45) is 0 Å². The van der Waals surface area contributed by atoms with Crippen molar-refractivity contribution in [3.8, 4) is 17.2 Å². The van der Waals surface area contributed by atoms with Gasteiger partial charge >= 0.3 is 0 Å². The Bertz CT molecular complexity index is 722. The number of nitriles is 1. The zero-order chi connectivity index (χ0) is 15.0. The summed E-state index contributed by atoms with van der Waals surface area (Å²) in [7, 11) is 0. The van der Waals surface area contributed by atoms with Gasteiger partial charge in [-0.2, -0.15) is 5.26 Å². The van der Waals surface area contributed by atoms with E-state index in [-0.39, 0.29) is 36.4 Å². The van der Waals surface area contributed by atoms with Gasteiger partial charge in [0.05, 0.1) is 30.1 Å². The highest BCUT2D eigenvalue weighted by Gasteiger charge is 2.22. The fourth-order valence-corrected chi connectivity index (χ4v) is 3.06. The van der Waals surface area contributed by atoms with Crippen molar-refractivity contribution < 1.29 is 0 Å². The third kappa shape index (κ3) is 2.67. The van der Waals surface area contributed by atoms with Crippen molar-refractivity contribution in [2.45, 2.75) is 0 Å². The van der Waals surface area contributed by atoms with E-state index in [0.717, 1.165) is 0 Å². The molecule has 0 radical (unpaired) electrons. The molecule has 1 heterocycles. The number of hydrogen-bond donors (Lipinski definition) is 0. The van der Waals surface area contributed by atoms with E-state index in [1.54, 1.807) is 0 Å². The third-order valence-electron chi connectivity index (χ3n) is 2.44. The molecule has 0 aliphatic heterocycles. The average molecular weight is 387 g/mol. The van der Waals surface area contributed by atoms with Crippen molar-refractivity contribution in [3.63, 3.8) is 0 Å². The van der Waals surface area contributed by atoms with Crippen LogP contribution in [0, 0.1) is 11.3 Å². The number of nitrogens with zero attached hydrogens (tertiary/aromatic N) is 2. The van der Waals surface area contributed by atoms with Crippen LogP contribution in [0.2, 0.25) is 30.1 Å². The number of rotatable bonds is 1. The molecule has 0 unspecified atom stereocenters. The minimum absolute atomic E-state index is 0.0422. The van der Waals surface area contributed by atoms with Gasteiger partial charge in [0.25, 0.3) is 0 Å². The number of pyridine rings is 1. The second kappa shape index (κ2) is 6.15. The van der Waals surface area contributed by atoms with Gasteiger partial charge in [0.1, 0.15) is 11.8 Å². The van der Waals surface area contributed by atoms with Crippen LogP contribution in [0.15, 0.2) is 12.3 Å². The van der Waals surface area contributed by atoms with Crippen LogP contribution in [0.5, 0.6) is 0 Å². The van der Waals surface area contributed by atoms with E-state index < -0.39 is 0 Å². The Balaban J connectivity index is 2.91. The monoisotopic (exact) mass is 384 g/mol. The van der Waals surface area contributed by atoms with Crippen molar-refractivity contribution in [1.82, 2.24) is 4.98 Å². The standard InChI is InChI=1S/C12H2Cl6N2/c13-4-1-5(6(2-19)20-3-4)7-8(14)10(16)12(18)11(17)9(7)15/h1,3H. The number of halogens is 6. The van der Waals surface area contributed by atoms with Gasteiger partial charge in [0.15, 0.2) is 0 Å². The van der Waals surface area contributed by atoms with Gasteiger partial charge in [-0.25, -0.2) is 4.98 Å². The van der Waals surface area contributed by atoms with Crippen LogP contribution in [0.1, 0.15) is 5.69 Å². The van der Waals surface area contributed by atoms with E-state index in [1.807, 2.05) is 6.07 Å². The first-order valence-electron chi connectivity index (χ1n) is 4.96. The Hall–Kier alpha value is -0.400. The fraction of sp³-hybridized carbons (Fsp3) is 0. The lowest BCUT2D eigenvalue weighted by Gasteiger charge is -2.13. The molecule has 0 saturated carbocycles. The molecular formula is C12H2Cl6N2. The summed E-state index contributed by atoms with van der Waals surface area (Å²) in [6.07, 6.45) is 1.34. The molecule has 102 valence electrons. The highest BCUT2D eigenvalue weighted by molar-refractivity contribution is 6.56. The van der Waals surface area contributed by atoms with E-state index in [9.17, 15) is 0 Å². The largest absolute Gasteiger partial charge is 0.243 e. The summed E-state index contributed by atoms with van der Waals surface area (Å²) in [5, 5.41) is 9.70. The highest BCUT2D eigenvalue weighted by Crippen LogP contribution is 2.48. The molecule has 0 aliphatic carbocycles. The fourth-order valence-electron chi connectivity index (χ4n) is 1.56. The molecule has 2 aromatic rings. The Morgan fingerprint density at radius 1 is 0.850 bits per heavy atom. The predicted molar refractivity (Wildman–Crippen MR) is 84.4 cm³/mol. The van der Waals surface area contributed by atoms with Gasteiger partial charge in [-0.15, -0.1) is 0 Å². The van der Waals surface area contributed by atoms with Crippen LogP contribution in [0.3, 0.4) is 0 Å². The molecule has 20 heavy (non-hydrogen) atoms. The zero-order valence-electron chi connectivity index (χ0n) is 9.32. The maximum atomic E-state index is 9.11. The highest BCUT2D eigenvalue weighted by atomic mass is 35.5. The summed E-state index contributed by atoms with van der Waals surface area (Å²) in [4.78, 5) is 3.91. The van der Waals surface area contributed by atoms with Gasteiger partial charge in [0.2, 0.25) is 0 Å². The first-order chi connectivity index (χ1) is 9.38. The van der Waals surface area contributed by atoms with E-state index in [2.05, 4.69) is 4.98 Å². The second-order valence-corrected chi connectivity index (χ2v) is 5.93. The lowest BCUT2D eigenvalue weighted by atomic mass is 10.0. The normalized spacial score (nSPS) is 10.4. The van der Waals surface area contributed by atoms with Crippen molar-refractivity contribution in [3.05, 3.63) is 48.1 Å². The van der Waals surface area contributed by atoms with Crippen LogP contribution in [0.4, 0.5) is 0 Å². The molecule has 0 saturated heterocycles. The maximum Gasteiger partial charge on any atom is 0.148 e. The molecule has 0 N–H and O–H groups in total. The zero-order valence-corrected chi connectivity index (χ0v) is 13.9. The first-order valence-corrected chi connectivity index (χ1v) is 7.22. The van der Waals surface area contributed by atoms with Crippen molar-refractivity contribution in [1.29, 1.82) is 5.26 Å². The van der Waals surface area contributed by atoms with Gasteiger partial charge in [-0.3, -0.25) is 0 Å². The Labute approximate surface area is 144 Å². The Morgan fingerprint density at radius 3 is 1.85 bits per heavy atom. The van der Waals surface area contributed by atoms with Crippen LogP contribution in [0.25, 0.3) is 11.1 Å². The summed E-state index contributed by atoms with van der Waals surface area (Å²) in [6, 6.07) is 3.42. The third-order valence-corrected chi connectivity index (χ3v) is 4.92. The van der Waals surface area contributed by atoms with Gasteiger partial charge in [-0.05, 0) is 6.07 Å². The number of hydrogen-bond acceptors (Lipinski definition) is 2. The molecule has 2 rings (SSSR count). The second-order valence-electron chi connectivity index (χ2n) is 3.61. The SMILES string of the molecule is N#Cc1ncc(Cl)cc1-c1c(Cl)c(Cl)c(Cl)c(Cl)c1Cl. The minimum atomic E-state index is 0.0422. The molecule has 1 aromatic carbocycles. The molecule has 0 atom stereocenters. The summed E-state index contributed by atoms with van der Waals surface area (Å²) in [6.45, 7) is 0. The van der Waals surface area contributed by atoms with Gasteiger partial charge < -0.3 is 0 Å². The molecule has 8 heteroatoms. The smallest absolute Gasteiger partial charge is 0.148 e. The summed E-state index contributed by atoms with van der Waals surface area (Å²) < 4.78 is 0. The average Bonchev–Trinajstić information content (AvgIpc) is 2.43. The predicted octanol–water partition coefficient (Wildman–Crippen LogP) is 6.54. The topological polar surface area (TPSA) is 36.7 Å². The Morgan fingerprint density at radius 2 is 1.35 bits per heavy atom. The van der Waals surface area contributed by atoms with Crippen LogP contribution >= 0.6 is 69.6 Å². The van der Waals surface area contributed by atoms with E-state index in [0.29, 0.717) is 10.6 Å². The van der Waals surface area contributed by atoms with Gasteiger partial charge in [0, 0.05) is 17.3 Å². The molecule has 0 aliphatic rings. The summed E-state index contributed by atoms with van der Waals surface area (Å²) in [5.41, 5.74) is 0.683. The molecule has 2 nitrogen and oxygen atoms in total.